The fourth-order valence-corrected chi connectivity index (χ4v) is 4.89. The average Bonchev–Trinajstić information content (AvgIpc) is 3.02. The zero-order valence-corrected chi connectivity index (χ0v) is 20.8. The molecule has 32 heavy (non-hydrogen) atoms. The summed E-state index contributed by atoms with van der Waals surface area (Å²) in [5, 5.41) is 0.941. The molecule has 9 heteroatoms. The van der Waals surface area contributed by atoms with Crippen molar-refractivity contribution < 1.29 is 14.3 Å². The predicted octanol–water partition coefficient (Wildman–Crippen LogP) is 8.23. The normalized spacial score (nSPS) is 15.0. The van der Waals surface area contributed by atoms with Crippen molar-refractivity contribution in [1.82, 2.24) is 0 Å². The summed E-state index contributed by atoms with van der Waals surface area (Å²) in [6.07, 6.45) is 1.63. The van der Waals surface area contributed by atoms with E-state index >= 15 is 0 Å². The zero-order chi connectivity index (χ0) is 22.8. The molecule has 3 aromatic carbocycles. The largest absolute Gasteiger partial charge is 0.488 e. The number of hydrogen-bond acceptors (Lipinski definition) is 4. The lowest BCUT2D eigenvalue weighted by atomic mass is 10.1. The van der Waals surface area contributed by atoms with Crippen LogP contribution in [0.15, 0.2) is 70.0 Å². The Labute approximate surface area is 212 Å². The summed E-state index contributed by atoms with van der Waals surface area (Å²) in [4.78, 5) is 26.9. The Bertz CT molecular complexity index is 1260. The summed E-state index contributed by atoms with van der Waals surface area (Å²) < 4.78 is 6.77. The molecule has 0 spiro atoms. The molecule has 1 fully saturated rings. The molecule has 0 N–H and O–H groups in total. The molecular formula is C23H13BrCl3NO3S. The Morgan fingerprint density at radius 1 is 0.969 bits per heavy atom. The molecule has 4 rings (SSSR count). The number of amides is 2. The molecule has 1 saturated heterocycles. The predicted molar refractivity (Wildman–Crippen MR) is 135 cm³/mol. The van der Waals surface area contributed by atoms with Crippen LogP contribution in [0.1, 0.15) is 11.1 Å². The molecule has 3 aromatic rings. The number of carbonyl (C=O) groups is 2. The van der Waals surface area contributed by atoms with E-state index in [4.69, 9.17) is 39.5 Å². The van der Waals surface area contributed by atoms with E-state index in [0.29, 0.717) is 32.1 Å². The van der Waals surface area contributed by atoms with Gasteiger partial charge in [-0.25, -0.2) is 4.90 Å². The van der Waals surface area contributed by atoms with Crippen molar-refractivity contribution >= 4 is 85.4 Å². The summed E-state index contributed by atoms with van der Waals surface area (Å²) in [5.41, 5.74) is 1.75. The molecule has 0 atom stereocenters. The van der Waals surface area contributed by atoms with Crippen LogP contribution in [0.3, 0.4) is 0 Å². The van der Waals surface area contributed by atoms with Gasteiger partial charge in [0.25, 0.3) is 11.1 Å². The molecule has 0 saturated carbocycles. The second kappa shape index (κ2) is 9.89. The highest BCUT2D eigenvalue weighted by Gasteiger charge is 2.37. The Morgan fingerprint density at radius 2 is 1.75 bits per heavy atom. The highest BCUT2D eigenvalue weighted by Crippen LogP contribution is 2.39. The molecule has 0 bridgehead atoms. The van der Waals surface area contributed by atoms with Crippen molar-refractivity contribution in [1.29, 1.82) is 0 Å². The molecule has 162 valence electrons. The van der Waals surface area contributed by atoms with Crippen LogP contribution in [0.25, 0.3) is 6.08 Å². The van der Waals surface area contributed by atoms with Crippen LogP contribution in [0, 0.1) is 0 Å². The van der Waals surface area contributed by atoms with Gasteiger partial charge in [-0.15, -0.1) is 0 Å². The maximum atomic E-state index is 13.0. The van der Waals surface area contributed by atoms with Gasteiger partial charge in [0, 0.05) is 25.6 Å². The number of hydrogen-bond donors (Lipinski definition) is 0. The van der Waals surface area contributed by atoms with E-state index in [-0.39, 0.29) is 11.5 Å². The summed E-state index contributed by atoms with van der Waals surface area (Å²) in [5.74, 6) is 0.0866. The first-order valence-corrected chi connectivity index (χ1v) is 12.0. The van der Waals surface area contributed by atoms with Crippen LogP contribution in [0.2, 0.25) is 15.1 Å². The number of para-hydroxylation sites is 1. The molecule has 0 aliphatic carbocycles. The summed E-state index contributed by atoms with van der Waals surface area (Å²) in [6.45, 7) is 0.208. The van der Waals surface area contributed by atoms with E-state index in [2.05, 4.69) is 15.9 Å². The van der Waals surface area contributed by atoms with E-state index in [1.807, 2.05) is 12.1 Å². The van der Waals surface area contributed by atoms with Gasteiger partial charge in [-0.1, -0.05) is 68.9 Å². The second-order valence-corrected chi connectivity index (χ2v) is 9.83. The Hall–Kier alpha value is -1.96. The van der Waals surface area contributed by atoms with E-state index in [1.54, 1.807) is 54.6 Å². The molecule has 1 aliphatic rings. The number of benzene rings is 3. The Balaban J connectivity index is 1.62. The van der Waals surface area contributed by atoms with Crippen molar-refractivity contribution in [3.05, 3.63) is 96.2 Å². The van der Waals surface area contributed by atoms with Crippen molar-refractivity contribution in [3.63, 3.8) is 0 Å². The number of thioether (sulfide) groups is 1. The number of rotatable bonds is 5. The third kappa shape index (κ3) is 5.00. The van der Waals surface area contributed by atoms with E-state index < -0.39 is 11.1 Å². The zero-order valence-electron chi connectivity index (χ0n) is 16.2. The van der Waals surface area contributed by atoms with Crippen LogP contribution >= 0.6 is 62.5 Å². The van der Waals surface area contributed by atoms with Gasteiger partial charge in [-0.3, -0.25) is 9.59 Å². The summed E-state index contributed by atoms with van der Waals surface area (Å²) >= 11 is 22.7. The highest BCUT2D eigenvalue weighted by atomic mass is 79.9. The van der Waals surface area contributed by atoms with Crippen LogP contribution in [0.4, 0.5) is 10.5 Å². The van der Waals surface area contributed by atoms with Gasteiger partial charge in [0.2, 0.25) is 0 Å². The van der Waals surface area contributed by atoms with Crippen molar-refractivity contribution in [2.24, 2.45) is 0 Å². The van der Waals surface area contributed by atoms with E-state index in [9.17, 15) is 9.59 Å². The SMILES string of the molecule is O=C1S/C(=C\c2cc(Br)ccc2OCc2ccc(Cl)cc2Cl)C(=O)N1c1ccccc1Cl. The van der Waals surface area contributed by atoms with E-state index in [1.165, 1.54) is 0 Å². The quantitative estimate of drug-likeness (QED) is 0.291. The number of halogens is 4. The first kappa shape index (κ1) is 23.2. The first-order chi connectivity index (χ1) is 15.3. The van der Waals surface area contributed by atoms with Gasteiger partial charge in [0.1, 0.15) is 12.4 Å². The number of anilines is 1. The minimum atomic E-state index is -0.445. The van der Waals surface area contributed by atoms with Gasteiger partial charge in [-0.05, 0) is 60.3 Å². The maximum Gasteiger partial charge on any atom is 0.298 e. The molecule has 2 amide bonds. The molecular weight excluding hydrogens is 557 g/mol. The monoisotopic (exact) mass is 567 g/mol. The molecule has 0 radical (unpaired) electrons. The minimum absolute atomic E-state index is 0.208. The Morgan fingerprint density at radius 3 is 2.50 bits per heavy atom. The lowest BCUT2D eigenvalue weighted by Crippen LogP contribution is -2.27. The van der Waals surface area contributed by atoms with Crippen molar-refractivity contribution in [2.45, 2.75) is 6.61 Å². The van der Waals surface area contributed by atoms with Crippen LogP contribution < -0.4 is 9.64 Å². The van der Waals surface area contributed by atoms with Crippen molar-refractivity contribution in [2.75, 3.05) is 4.90 Å². The maximum absolute atomic E-state index is 13.0. The first-order valence-electron chi connectivity index (χ1n) is 9.22. The highest BCUT2D eigenvalue weighted by molar-refractivity contribution is 9.10. The lowest BCUT2D eigenvalue weighted by Gasteiger charge is -2.14. The Kier molecular flexibility index (Phi) is 7.17. The summed E-state index contributed by atoms with van der Waals surface area (Å²) in [6, 6.07) is 17.3. The number of ether oxygens (including phenoxy) is 1. The standard InChI is InChI=1S/C23H13BrCl3NO3S/c24-15-6-8-20(31-12-13-5-7-16(25)11-18(13)27)14(9-15)10-21-22(29)28(23(30)32-21)19-4-2-1-3-17(19)26/h1-11H,12H2/b21-10-. The second-order valence-electron chi connectivity index (χ2n) is 6.68. The third-order valence-corrected chi connectivity index (χ3v) is 6.81. The van der Waals surface area contributed by atoms with Crippen molar-refractivity contribution in [3.8, 4) is 5.75 Å². The smallest absolute Gasteiger partial charge is 0.298 e. The van der Waals surface area contributed by atoms with Gasteiger partial charge < -0.3 is 4.74 Å². The van der Waals surface area contributed by atoms with Gasteiger partial charge in [0.15, 0.2) is 0 Å². The van der Waals surface area contributed by atoms with Crippen LogP contribution in [0.5, 0.6) is 5.75 Å². The molecule has 4 nitrogen and oxygen atoms in total. The van der Waals surface area contributed by atoms with Gasteiger partial charge in [-0.2, -0.15) is 0 Å². The number of carbonyl (C=O) groups excluding carboxylic acids is 2. The molecule has 1 heterocycles. The van der Waals surface area contributed by atoms with Crippen LogP contribution in [-0.4, -0.2) is 11.1 Å². The number of nitrogens with zero attached hydrogens (tertiary/aromatic N) is 1. The third-order valence-electron chi connectivity index (χ3n) is 4.54. The fraction of sp³-hybridized carbons (Fsp3) is 0.0435. The molecule has 0 aromatic heterocycles. The number of imide groups is 1. The molecule has 0 unspecified atom stereocenters. The summed E-state index contributed by atoms with van der Waals surface area (Å²) in [7, 11) is 0. The average molecular weight is 570 g/mol. The topological polar surface area (TPSA) is 46.6 Å². The van der Waals surface area contributed by atoms with E-state index in [0.717, 1.165) is 26.7 Å². The minimum Gasteiger partial charge on any atom is -0.488 e. The lowest BCUT2D eigenvalue weighted by molar-refractivity contribution is -0.113. The van der Waals surface area contributed by atoms with Crippen LogP contribution in [-0.2, 0) is 11.4 Å². The fourth-order valence-electron chi connectivity index (χ4n) is 3.01. The van der Waals surface area contributed by atoms with Gasteiger partial charge >= 0.3 is 0 Å². The molecule has 1 aliphatic heterocycles. The van der Waals surface area contributed by atoms with Gasteiger partial charge in [0.05, 0.1) is 15.6 Å².